The molecule has 4 nitrogen and oxygen atoms in total. The van der Waals surface area contributed by atoms with E-state index in [9.17, 15) is 4.79 Å². The molecule has 0 heterocycles. The maximum Gasteiger partial charge on any atom is 0.343 e. The van der Waals surface area contributed by atoms with Crippen LogP contribution >= 0.6 is 0 Å². The molecule has 0 aliphatic heterocycles. The Balaban J connectivity index is 1.76. The molecule has 0 aromatic heterocycles. The molecule has 0 aliphatic rings. The van der Waals surface area contributed by atoms with E-state index in [0.717, 1.165) is 5.56 Å². The van der Waals surface area contributed by atoms with Crippen LogP contribution in [0.25, 0.3) is 0 Å². The minimum Gasteiger partial charge on any atom is -0.489 e. The van der Waals surface area contributed by atoms with E-state index in [1.54, 1.807) is 42.5 Å². The number of rotatable bonds is 7. The summed E-state index contributed by atoms with van der Waals surface area (Å²) in [6.07, 6.45) is -0.0662. The van der Waals surface area contributed by atoms with E-state index in [0.29, 0.717) is 29.4 Å². The number of ether oxygens (including phenoxy) is 3. The first-order chi connectivity index (χ1) is 13.1. The second-order valence-corrected chi connectivity index (χ2v) is 6.30. The Morgan fingerprint density at radius 1 is 0.852 bits per heavy atom. The lowest BCUT2D eigenvalue weighted by molar-refractivity contribution is 0.0724. The fourth-order valence-corrected chi connectivity index (χ4v) is 2.48. The third-order valence-electron chi connectivity index (χ3n) is 3.74. The van der Waals surface area contributed by atoms with Crippen molar-refractivity contribution < 1.29 is 19.0 Å². The van der Waals surface area contributed by atoms with Gasteiger partial charge >= 0.3 is 5.97 Å². The summed E-state index contributed by atoms with van der Waals surface area (Å²) in [6.45, 7) is 4.28. The van der Waals surface area contributed by atoms with E-state index in [-0.39, 0.29) is 6.10 Å². The number of esters is 1. The minimum atomic E-state index is -0.429. The quantitative estimate of drug-likeness (QED) is 0.424. The van der Waals surface area contributed by atoms with Crippen LogP contribution in [-0.2, 0) is 6.61 Å². The monoisotopic (exact) mass is 362 g/mol. The molecule has 0 fully saturated rings. The highest BCUT2D eigenvalue weighted by Gasteiger charge is 2.14. The second-order valence-electron chi connectivity index (χ2n) is 6.30. The normalized spacial score (nSPS) is 10.5. The molecule has 3 aromatic rings. The van der Waals surface area contributed by atoms with Crippen LogP contribution in [0.3, 0.4) is 0 Å². The summed E-state index contributed by atoms with van der Waals surface area (Å²) in [5.74, 6) is 1.06. The zero-order valence-corrected chi connectivity index (χ0v) is 15.4. The van der Waals surface area contributed by atoms with E-state index in [1.165, 1.54) is 0 Å². The van der Waals surface area contributed by atoms with Gasteiger partial charge in [0.25, 0.3) is 0 Å². The molecular formula is C23H22O4. The molecule has 0 aliphatic carbocycles. The summed E-state index contributed by atoms with van der Waals surface area (Å²) in [6, 6.07) is 24.0. The number of carbonyl (C=O) groups is 1. The van der Waals surface area contributed by atoms with Crippen LogP contribution in [-0.4, -0.2) is 12.1 Å². The molecule has 0 atom stereocenters. The van der Waals surface area contributed by atoms with Gasteiger partial charge in [0.15, 0.2) is 11.5 Å². The smallest absolute Gasteiger partial charge is 0.343 e. The Bertz CT molecular complexity index is 873. The summed E-state index contributed by atoms with van der Waals surface area (Å²) in [4.78, 5) is 12.3. The standard InChI is InChI=1S/C23H22O4/c1-17(2)26-22-15-20(25-16-18-9-5-3-6-10-18)13-14-21(22)27-23(24)19-11-7-4-8-12-19/h3-15,17H,16H2,1-2H3. The first-order valence-corrected chi connectivity index (χ1v) is 8.86. The Kier molecular flexibility index (Phi) is 6.10. The average molecular weight is 362 g/mol. The van der Waals surface area contributed by atoms with Crippen molar-refractivity contribution >= 4 is 5.97 Å². The number of carbonyl (C=O) groups excluding carboxylic acids is 1. The molecule has 0 saturated heterocycles. The molecule has 0 bridgehead atoms. The highest BCUT2D eigenvalue weighted by atomic mass is 16.6. The summed E-state index contributed by atoms with van der Waals surface area (Å²) in [5.41, 5.74) is 1.56. The molecule has 0 unspecified atom stereocenters. The second kappa shape index (κ2) is 8.90. The Labute approximate surface area is 159 Å². The van der Waals surface area contributed by atoms with Crippen molar-refractivity contribution in [2.75, 3.05) is 0 Å². The predicted molar refractivity (Wildman–Crippen MR) is 104 cm³/mol. The largest absolute Gasteiger partial charge is 0.489 e. The van der Waals surface area contributed by atoms with Crippen LogP contribution in [0.2, 0.25) is 0 Å². The highest BCUT2D eigenvalue weighted by Crippen LogP contribution is 2.33. The van der Waals surface area contributed by atoms with Crippen molar-refractivity contribution in [3.63, 3.8) is 0 Å². The van der Waals surface area contributed by atoms with Crippen LogP contribution in [0, 0.1) is 0 Å². The van der Waals surface area contributed by atoms with Gasteiger partial charge in [0.1, 0.15) is 12.4 Å². The topological polar surface area (TPSA) is 44.8 Å². The maximum absolute atomic E-state index is 12.3. The van der Waals surface area contributed by atoms with Gasteiger partial charge in [-0.1, -0.05) is 48.5 Å². The van der Waals surface area contributed by atoms with E-state index in [2.05, 4.69) is 0 Å². The lowest BCUT2D eigenvalue weighted by Crippen LogP contribution is -2.12. The van der Waals surface area contributed by atoms with Gasteiger partial charge in [-0.05, 0) is 43.7 Å². The van der Waals surface area contributed by atoms with Crippen LogP contribution in [0.1, 0.15) is 29.8 Å². The predicted octanol–water partition coefficient (Wildman–Crippen LogP) is 5.27. The molecule has 3 rings (SSSR count). The molecule has 27 heavy (non-hydrogen) atoms. The van der Waals surface area contributed by atoms with E-state index >= 15 is 0 Å². The molecule has 138 valence electrons. The third kappa shape index (κ3) is 5.35. The molecule has 3 aromatic carbocycles. The SMILES string of the molecule is CC(C)Oc1cc(OCc2ccccc2)ccc1OC(=O)c1ccccc1. The fourth-order valence-electron chi connectivity index (χ4n) is 2.48. The van der Waals surface area contributed by atoms with Crippen molar-refractivity contribution in [1.82, 2.24) is 0 Å². The van der Waals surface area contributed by atoms with Gasteiger partial charge in [-0.2, -0.15) is 0 Å². The molecule has 4 heteroatoms. The van der Waals surface area contributed by atoms with Gasteiger partial charge in [0.05, 0.1) is 11.7 Å². The van der Waals surface area contributed by atoms with Crippen LogP contribution < -0.4 is 14.2 Å². The summed E-state index contributed by atoms with van der Waals surface area (Å²) in [7, 11) is 0. The molecule has 0 saturated carbocycles. The lowest BCUT2D eigenvalue weighted by Gasteiger charge is -2.16. The Morgan fingerprint density at radius 3 is 2.19 bits per heavy atom. The lowest BCUT2D eigenvalue weighted by atomic mass is 10.2. The zero-order valence-electron chi connectivity index (χ0n) is 15.4. The first-order valence-electron chi connectivity index (χ1n) is 8.86. The van der Waals surface area contributed by atoms with Crippen molar-refractivity contribution in [3.8, 4) is 17.2 Å². The number of hydrogen-bond acceptors (Lipinski definition) is 4. The minimum absolute atomic E-state index is 0.0662. The molecular weight excluding hydrogens is 340 g/mol. The van der Waals surface area contributed by atoms with Crippen LogP contribution in [0.4, 0.5) is 0 Å². The van der Waals surface area contributed by atoms with Gasteiger partial charge in [0, 0.05) is 6.07 Å². The molecule has 0 spiro atoms. The van der Waals surface area contributed by atoms with Crippen LogP contribution in [0.5, 0.6) is 17.2 Å². The highest BCUT2D eigenvalue weighted by molar-refractivity contribution is 5.91. The first kappa shape index (κ1) is 18.5. The van der Waals surface area contributed by atoms with Crippen LogP contribution in [0.15, 0.2) is 78.9 Å². The van der Waals surface area contributed by atoms with E-state index in [4.69, 9.17) is 14.2 Å². The summed E-state index contributed by atoms with van der Waals surface area (Å²) >= 11 is 0. The van der Waals surface area contributed by atoms with Gasteiger partial charge in [-0.3, -0.25) is 0 Å². The van der Waals surface area contributed by atoms with Crippen molar-refractivity contribution in [3.05, 3.63) is 90.0 Å². The van der Waals surface area contributed by atoms with E-state index < -0.39 is 5.97 Å². The Morgan fingerprint density at radius 2 is 1.52 bits per heavy atom. The van der Waals surface area contributed by atoms with Gasteiger partial charge in [0.2, 0.25) is 0 Å². The number of benzene rings is 3. The van der Waals surface area contributed by atoms with E-state index in [1.807, 2.05) is 50.2 Å². The van der Waals surface area contributed by atoms with Gasteiger partial charge in [-0.15, -0.1) is 0 Å². The summed E-state index contributed by atoms with van der Waals surface area (Å²) < 4.78 is 17.2. The summed E-state index contributed by atoms with van der Waals surface area (Å²) in [5, 5.41) is 0. The molecule has 0 radical (unpaired) electrons. The fraction of sp³-hybridized carbons (Fsp3) is 0.174. The molecule has 0 amide bonds. The number of hydrogen-bond donors (Lipinski definition) is 0. The van der Waals surface area contributed by atoms with Crippen molar-refractivity contribution in [2.24, 2.45) is 0 Å². The zero-order chi connectivity index (χ0) is 19.1. The van der Waals surface area contributed by atoms with Gasteiger partial charge in [-0.25, -0.2) is 4.79 Å². The molecule has 0 N–H and O–H groups in total. The van der Waals surface area contributed by atoms with Crippen molar-refractivity contribution in [2.45, 2.75) is 26.6 Å². The van der Waals surface area contributed by atoms with Crippen molar-refractivity contribution in [1.29, 1.82) is 0 Å². The third-order valence-corrected chi connectivity index (χ3v) is 3.74. The average Bonchev–Trinajstić information content (AvgIpc) is 2.69. The maximum atomic E-state index is 12.3. The van der Waals surface area contributed by atoms with Gasteiger partial charge < -0.3 is 14.2 Å². The Hall–Kier alpha value is -3.27.